The van der Waals surface area contributed by atoms with Crippen LogP contribution in [0.4, 0.5) is 13.2 Å². The van der Waals surface area contributed by atoms with Gasteiger partial charge in [0.25, 0.3) is 0 Å². The van der Waals surface area contributed by atoms with Gasteiger partial charge in [0.1, 0.15) is 5.69 Å². The standard InChI is InChI=1S/C8H5F3INO2/c1-15-7(14)4-3-13-6(2-5(4)12)8(9,10)11/h2-3H,1H3. The Balaban J connectivity index is 3.15. The van der Waals surface area contributed by atoms with Crippen LogP contribution >= 0.6 is 22.6 Å². The molecule has 0 atom stereocenters. The molecule has 15 heavy (non-hydrogen) atoms. The third-order valence-corrected chi connectivity index (χ3v) is 2.44. The van der Waals surface area contributed by atoms with Gasteiger partial charge in [0, 0.05) is 9.77 Å². The molecule has 0 saturated carbocycles. The second-order valence-electron chi connectivity index (χ2n) is 2.54. The third kappa shape index (κ3) is 2.80. The Morgan fingerprint density at radius 1 is 1.53 bits per heavy atom. The number of hydrogen-bond donors (Lipinski definition) is 0. The van der Waals surface area contributed by atoms with Gasteiger partial charge in [-0.2, -0.15) is 13.2 Å². The van der Waals surface area contributed by atoms with Crippen LogP contribution < -0.4 is 0 Å². The van der Waals surface area contributed by atoms with E-state index in [-0.39, 0.29) is 9.13 Å². The molecule has 1 aromatic heterocycles. The molecule has 0 fully saturated rings. The maximum Gasteiger partial charge on any atom is 0.433 e. The number of aromatic nitrogens is 1. The Morgan fingerprint density at radius 2 is 2.13 bits per heavy atom. The second-order valence-corrected chi connectivity index (χ2v) is 3.70. The maximum absolute atomic E-state index is 12.2. The number of carbonyl (C=O) groups excluding carboxylic acids is 1. The molecule has 0 aliphatic carbocycles. The first-order valence-electron chi connectivity index (χ1n) is 3.67. The number of halogens is 4. The first kappa shape index (κ1) is 12.2. The van der Waals surface area contributed by atoms with E-state index in [1.165, 1.54) is 0 Å². The summed E-state index contributed by atoms with van der Waals surface area (Å²) < 4.78 is 41.1. The molecule has 0 aliphatic rings. The van der Waals surface area contributed by atoms with E-state index in [1.54, 1.807) is 22.6 Å². The van der Waals surface area contributed by atoms with E-state index in [1.807, 2.05) is 0 Å². The predicted molar refractivity (Wildman–Crippen MR) is 53.3 cm³/mol. The molecule has 0 amide bonds. The highest BCUT2D eigenvalue weighted by Gasteiger charge is 2.33. The Labute approximate surface area is 96.8 Å². The molecular weight excluding hydrogens is 326 g/mol. The van der Waals surface area contributed by atoms with E-state index in [0.29, 0.717) is 0 Å². The molecule has 0 saturated heterocycles. The predicted octanol–water partition coefficient (Wildman–Crippen LogP) is 2.49. The van der Waals surface area contributed by atoms with Crippen LogP contribution in [-0.4, -0.2) is 18.1 Å². The van der Waals surface area contributed by atoms with E-state index in [9.17, 15) is 18.0 Å². The number of alkyl halides is 3. The van der Waals surface area contributed by atoms with Gasteiger partial charge in [-0.05, 0) is 28.7 Å². The molecule has 7 heteroatoms. The number of methoxy groups -OCH3 is 1. The first-order chi connectivity index (χ1) is 6.86. The molecule has 3 nitrogen and oxygen atoms in total. The van der Waals surface area contributed by atoms with Gasteiger partial charge >= 0.3 is 12.1 Å². The molecule has 1 rings (SSSR count). The largest absolute Gasteiger partial charge is 0.465 e. The van der Waals surface area contributed by atoms with Gasteiger partial charge in [-0.25, -0.2) is 4.79 Å². The monoisotopic (exact) mass is 331 g/mol. The summed E-state index contributed by atoms with van der Waals surface area (Å²) in [5.41, 5.74) is -1.01. The van der Waals surface area contributed by atoms with Crippen molar-refractivity contribution in [2.45, 2.75) is 6.18 Å². The minimum atomic E-state index is -4.51. The minimum Gasteiger partial charge on any atom is -0.465 e. The fourth-order valence-corrected chi connectivity index (χ4v) is 1.50. The van der Waals surface area contributed by atoms with Crippen molar-refractivity contribution in [3.05, 3.63) is 27.1 Å². The average molecular weight is 331 g/mol. The van der Waals surface area contributed by atoms with Crippen molar-refractivity contribution in [1.29, 1.82) is 0 Å². The molecule has 0 unspecified atom stereocenters. The van der Waals surface area contributed by atoms with Gasteiger partial charge in [0.2, 0.25) is 0 Å². The van der Waals surface area contributed by atoms with Crippen LogP contribution in [0.1, 0.15) is 16.1 Å². The van der Waals surface area contributed by atoms with Crippen LogP contribution in [0, 0.1) is 3.57 Å². The van der Waals surface area contributed by atoms with Crippen molar-refractivity contribution >= 4 is 28.6 Å². The van der Waals surface area contributed by atoms with Crippen molar-refractivity contribution in [1.82, 2.24) is 4.98 Å². The van der Waals surface area contributed by atoms with Crippen LogP contribution in [0.5, 0.6) is 0 Å². The highest BCUT2D eigenvalue weighted by Crippen LogP contribution is 2.29. The zero-order valence-electron chi connectivity index (χ0n) is 7.43. The van der Waals surface area contributed by atoms with Crippen LogP contribution in [-0.2, 0) is 10.9 Å². The van der Waals surface area contributed by atoms with Crippen LogP contribution in [0.2, 0.25) is 0 Å². The lowest BCUT2D eigenvalue weighted by Crippen LogP contribution is -2.11. The summed E-state index contributed by atoms with van der Waals surface area (Å²) in [6, 6.07) is 0.798. The average Bonchev–Trinajstić information content (AvgIpc) is 2.15. The highest BCUT2D eigenvalue weighted by molar-refractivity contribution is 14.1. The summed E-state index contributed by atoms with van der Waals surface area (Å²) in [6.07, 6.45) is -3.65. The van der Waals surface area contributed by atoms with Crippen molar-refractivity contribution in [3.63, 3.8) is 0 Å². The minimum absolute atomic E-state index is 0.0195. The Hall–Kier alpha value is -0.860. The van der Waals surface area contributed by atoms with Crippen molar-refractivity contribution in [2.24, 2.45) is 0 Å². The zero-order chi connectivity index (χ0) is 11.6. The number of rotatable bonds is 1. The van der Waals surface area contributed by atoms with E-state index >= 15 is 0 Å². The van der Waals surface area contributed by atoms with E-state index < -0.39 is 17.8 Å². The Bertz CT molecular complexity index is 392. The summed E-state index contributed by atoms with van der Waals surface area (Å²) in [4.78, 5) is 14.2. The van der Waals surface area contributed by atoms with E-state index in [4.69, 9.17) is 0 Å². The van der Waals surface area contributed by atoms with Crippen LogP contribution in [0.3, 0.4) is 0 Å². The van der Waals surface area contributed by atoms with Gasteiger partial charge in [-0.15, -0.1) is 0 Å². The summed E-state index contributed by atoms with van der Waals surface area (Å²) in [5.74, 6) is -0.708. The van der Waals surface area contributed by atoms with Crippen LogP contribution in [0.15, 0.2) is 12.3 Å². The topological polar surface area (TPSA) is 39.2 Å². The number of esters is 1. The number of carbonyl (C=O) groups is 1. The Kier molecular flexibility index (Phi) is 3.53. The zero-order valence-corrected chi connectivity index (χ0v) is 9.59. The summed E-state index contributed by atoms with van der Waals surface area (Å²) in [5, 5.41) is 0. The molecule has 0 bridgehead atoms. The van der Waals surface area contributed by atoms with Gasteiger partial charge < -0.3 is 4.74 Å². The summed E-state index contributed by atoms with van der Waals surface area (Å²) in [6.45, 7) is 0. The van der Waals surface area contributed by atoms with E-state index in [0.717, 1.165) is 19.4 Å². The second kappa shape index (κ2) is 4.33. The molecule has 0 spiro atoms. The lowest BCUT2D eigenvalue weighted by molar-refractivity contribution is -0.141. The Morgan fingerprint density at radius 3 is 2.53 bits per heavy atom. The molecule has 1 aromatic rings. The molecular formula is C8H5F3INO2. The molecule has 82 valence electrons. The fraction of sp³-hybridized carbons (Fsp3) is 0.250. The molecule has 0 aliphatic heterocycles. The number of ether oxygens (including phenoxy) is 1. The fourth-order valence-electron chi connectivity index (χ4n) is 0.846. The van der Waals surface area contributed by atoms with Gasteiger partial charge in [-0.3, -0.25) is 4.98 Å². The lowest BCUT2D eigenvalue weighted by atomic mass is 10.2. The number of hydrogen-bond acceptors (Lipinski definition) is 3. The van der Waals surface area contributed by atoms with Crippen molar-refractivity contribution < 1.29 is 22.7 Å². The smallest absolute Gasteiger partial charge is 0.433 e. The SMILES string of the molecule is COC(=O)c1cnc(C(F)(F)F)cc1I. The third-order valence-electron chi connectivity index (χ3n) is 1.55. The number of pyridine rings is 1. The quantitative estimate of drug-likeness (QED) is 0.586. The van der Waals surface area contributed by atoms with E-state index in [2.05, 4.69) is 9.72 Å². The molecule has 0 radical (unpaired) electrons. The summed E-state index contributed by atoms with van der Waals surface area (Å²) in [7, 11) is 1.15. The van der Waals surface area contributed by atoms with Gasteiger partial charge in [0.15, 0.2) is 0 Å². The lowest BCUT2D eigenvalue weighted by Gasteiger charge is -2.07. The first-order valence-corrected chi connectivity index (χ1v) is 4.75. The van der Waals surface area contributed by atoms with Crippen molar-refractivity contribution in [2.75, 3.05) is 7.11 Å². The molecule has 1 heterocycles. The number of nitrogens with zero attached hydrogens (tertiary/aromatic N) is 1. The van der Waals surface area contributed by atoms with Crippen molar-refractivity contribution in [3.8, 4) is 0 Å². The van der Waals surface area contributed by atoms with Gasteiger partial charge in [-0.1, -0.05) is 0 Å². The molecule has 0 aromatic carbocycles. The summed E-state index contributed by atoms with van der Waals surface area (Å²) >= 11 is 1.62. The van der Waals surface area contributed by atoms with Gasteiger partial charge in [0.05, 0.1) is 12.7 Å². The van der Waals surface area contributed by atoms with Crippen LogP contribution in [0.25, 0.3) is 0 Å². The normalized spacial score (nSPS) is 11.3. The molecule has 0 N–H and O–H groups in total. The maximum atomic E-state index is 12.2. The highest BCUT2D eigenvalue weighted by atomic mass is 127.